The highest BCUT2D eigenvalue weighted by molar-refractivity contribution is 7.99. The van der Waals surface area contributed by atoms with E-state index in [0.29, 0.717) is 17.6 Å². The van der Waals surface area contributed by atoms with Crippen LogP contribution in [0, 0.1) is 17.3 Å². The van der Waals surface area contributed by atoms with E-state index < -0.39 is 0 Å². The largest absolute Gasteiger partial charge is 0.377 e. The van der Waals surface area contributed by atoms with Crippen molar-refractivity contribution in [2.24, 2.45) is 17.3 Å². The number of thioether (sulfide) groups is 1. The summed E-state index contributed by atoms with van der Waals surface area (Å²) >= 11 is 2.12. The van der Waals surface area contributed by atoms with Crippen molar-refractivity contribution in [3.05, 3.63) is 0 Å². The van der Waals surface area contributed by atoms with Gasteiger partial charge in [-0.05, 0) is 49.7 Å². The van der Waals surface area contributed by atoms with Crippen molar-refractivity contribution >= 4 is 11.8 Å². The second kappa shape index (κ2) is 5.34. The summed E-state index contributed by atoms with van der Waals surface area (Å²) in [6.45, 7) is 6.98. The van der Waals surface area contributed by atoms with Gasteiger partial charge in [0.2, 0.25) is 0 Å². The first-order valence-electron chi connectivity index (χ1n) is 7.62. The molecule has 3 heteroatoms. The van der Waals surface area contributed by atoms with Gasteiger partial charge in [-0.25, -0.2) is 0 Å². The summed E-state index contributed by atoms with van der Waals surface area (Å²) in [7, 11) is 0. The highest BCUT2D eigenvalue weighted by Crippen LogP contribution is 2.51. The van der Waals surface area contributed by atoms with Crippen LogP contribution in [0.4, 0.5) is 0 Å². The van der Waals surface area contributed by atoms with E-state index in [1.807, 2.05) is 0 Å². The topological polar surface area (TPSA) is 21.3 Å². The van der Waals surface area contributed by atoms with Crippen LogP contribution in [0.3, 0.4) is 0 Å². The van der Waals surface area contributed by atoms with Crippen LogP contribution in [0.15, 0.2) is 0 Å². The summed E-state index contributed by atoms with van der Waals surface area (Å²) in [6.07, 6.45) is 5.97. The molecule has 0 aromatic heterocycles. The van der Waals surface area contributed by atoms with Crippen molar-refractivity contribution in [2.45, 2.75) is 51.7 Å². The Bertz CT molecular complexity index is 288. The van der Waals surface area contributed by atoms with E-state index in [9.17, 15) is 0 Å². The minimum atomic E-state index is 0.342. The lowest BCUT2D eigenvalue weighted by Crippen LogP contribution is -2.69. The van der Waals surface area contributed by atoms with Crippen LogP contribution < -0.4 is 5.32 Å². The standard InChI is InChI=1S/C15H27NOS/c1-15(2)13(12-4-3-7-17-14(12)15)16-10-11-5-8-18-9-6-11/h11-14,16H,3-10H2,1-2H3. The van der Waals surface area contributed by atoms with Gasteiger partial charge in [-0.2, -0.15) is 11.8 Å². The van der Waals surface area contributed by atoms with Crippen molar-refractivity contribution in [2.75, 3.05) is 24.7 Å². The molecule has 0 aromatic rings. The lowest BCUT2D eigenvalue weighted by atomic mass is 9.55. The van der Waals surface area contributed by atoms with E-state index in [0.717, 1.165) is 18.4 Å². The van der Waals surface area contributed by atoms with Crippen LogP contribution in [0.1, 0.15) is 39.5 Å². The van der Waals surface area contributed by atoms with Gasteiger partial charge in [0, 0.05) is 24.0 Å². The molecule has 3 rings (SSSR count). The molecule has 0 aromatic carbocycles. The monoisotopic (exact) mass is 269 g/mol. The predicted octanol–water partition coefficient (Wildman–Crippen LogP) is 2.92. The molecule has 3 unspecified atom stereocenters. The average molecular weight is 269 g/mol. The van der Waals surface area contributed by atoms with E-state index in [-0.39, 0.29) is 0 Å². The molecule has 0 radical (unpaired) electrons. The maximum atomic E-state index is 5.97. The minimum Gasteiger partial charge on any atom is -0.377 e. The van der Waals surface area contributed by atoms with Crippen LogP contribution in [0.2, 0.25) is 0 Å². The van der Waals surface area contributed by atoms with Gasteiger partial charge in [-0.15, -0.1) is 0 Å². The van der Waals surface area contributed by atoms with Crippen molar-refractivity contribution < 1.29 is 4.74 Å². The van der Waals surface area contributed by atoms with Crippen molar-refractivity contribution in [1.29, 1.82) is 0 Å². The first-order chi connectivity index (χ1) is 8.69. The summed E-state index contributed by atoms with van der Waals surface area (Å²) in [5, 5.41) is 3.89. The molecule has 18 heavy (non-hydrogen) atoms. The molecule has 2 heterocycles. The lowest BCUT2D eigenvalue weighted by molar-refractivity contribution is -0.192. The van der Waals surface area contributed by atoms with Crippen molar-refractivity contribution in [3.63, 3.8) is 0 Å². The normalized spacial score (nSPS) is 40.0. The van der Waals surface area contributed by atoms with Gasteiger partial charge >= 0.3 is 0 Å². The van der Waals surface area contributed by atoms with E-state index >= 15 is 0 Å². The number of nitrogens with one attached hydrogen (secondary N) is 1. The molecule has 3 fully saturated rings. The minimum absolute atomic E-state index is 0.342. The van der Waals surface area contributed by atoms with Crippen LogP contribution in [-0.2, 0) is 4.74 Å². The Hall–Kier alpha value is 0.270. The van der Waals surface area contributed by atoms with Gasteiger partial charge in [0.25, 0.3) is 0 Å². The molecule has 0 amide bonds. The number of rotatable bonds is 3. The maximum Gasteiger partial charge on any atom is 0.0684 e. The Morgan fingerprint density at radius 1 is 1.22 bits per heavy atom. The van der Waals surface area contributed by atoms with Crippen molar-refractivity contribution in [3.8, 4) is 0 Å². The zero-order valence-corrected chi connectivity index (χ0v) is 12.6. The molecule has 3 atom stereocenters. The second-order valence-electron chi connectivity index (χ2n) is 6.86. The summed E-state index contributed by atoms with van der Waals surface area (Å²) in [5.41, 5.74) is 0.342. The molecule has 104 valence electrons. The van der Waals surface area contributed by atoms with Gasteiger partial charge < -0.3 is 10.1 Å². The van der Waals surface area contributed by atoms with Gasteiger partial charge in [-0.3, -0.25) is 0 Å². The smallest absolute Gasteiger partial charge is 0.0684 e. The first-order valence-corrected chi connectivity index (χ1v) is 8.78. The molecule has 0 spiro atoms. The highest BCUT2D eigenvalue weighted by atomic mass is 32.2. The van der Waals surface area contributed by atoms with Crippen LogP contribution >= 0.6 is 11.8 Å². The third kappa shape index (κ3) is 2.34. The van der Waals surface area contributed by atoms with E-state index in [2.05, 4.69) is 30.9 Å². The number of ether oxygens (including phenoxy) is 1. The third-order valence-corrected chi connectivity index (χ3v) is 6.35. The molecule has 3 aliphatic rings. The van der Waals surface area contributed by atoms with E-state index in [4.69, 9.17) is 4.74 Å². The number of hydrogen-bond acceptors (Lipinski definition) is 3. The fraction of sp³-hybridized carbons (Fsp3) is 1.00. The fourth-order valence-electron chi connectivity index (χ4n) is 4.18. The Kier molecular flexibility index (Phi) is 3.93. The average Bonchev–Trinajstić information content (AvgIpc) is 2.40. The van der Waals surface area contributed by atoms with Crippen LogP contribution in [-0.4, -0.2) is 36.8 Å². The fourth-order valence-corrected chi connectivity index (χ4v) is 5.39. The molecule has 1 N–H and O–H groups in total. The Balaban J connectivity index is 1.52. The second-order valence-corrected chi connectivity index (χ2v) is 8.09. The molecular weight excluding hydrogens is 242 g/mol. The maximum absolute atomic E-state index is 5.97. The zero-order valence-electron chi connectivity index (χ0n) is 11.8. The molecule has 1 aliphatic carbocycles. The van der Waals surface area contributed by atoms with Gasteiger partial charge in [0.05, 0.1) is 6.10 Å². The quantitative estimate of drug-likeness (QED) is 0.851. The summed E-state index contributed by atoms with van der Waals surface area (Å²) < 4.78 is 5.97. The molecule has 1 saturated carbocycles. The zero-order chi connectivity index (χ0) is 12.6. The van der Waals surface area contributed by atoms with Crippen molar-refractivity contribution in [1.82, 2.24) is 5.32 Å². The van der Waals surface area contributed by atoms with E-state index in [1.165, 1.54) is 43.7 Å². The Labute approximate surface area is 116 Å². The Morgan fingerprint density at radius 2 is 2.00 bits per heavy atom. The molecule has 0 bridgehead atoms. The van der Waals surface area contributed by atoms with Gasteiger partial charge in [0.15, 0.2) is 0 Å². The third-order valence-electron chi connectivity index (χ3n) is 5.30. The highest BCUT2D eigenvalue weighted by Gasteiger charge is 2.57. The number of fused-ring (bicyclic) bond motifs is 1. The molecule has 2 aliphatic heterocycles. The Morgan fingerprint density at radius 3 is 2.78 bits per heavy atom. The summed E-state index contributed by atoms with van der Waals surface area (Å²) in [6, 6.07) is 0.692. The lowest BCUT2D eigenvalue weighted by Gasteiger charge is -2.60. The summed E-state index contributed by atoms with van der Waals surface area (Å²) in [5.74, 6) is 4.45. The molecular formula is C15H27NOS. The number of hydrogen-bond donors (Lipinski definition) is 1. The van der Waals surface area contributed by atoms with E-state index in [1.54, 1.807) is 0 Å². The van der Waals surface area contributed by atoms with Gasteiger partial charge in [0.1, 0.15) is 0 Å². The molecule has 2 nitrogen and oxygen atoms in total. The first kappa shape index (κ1) is 13.3. The SMILES string of the molecule is CC1(C)C(NCC2CCSCC2)C2CCCOC21. The predicted molar refractivity (Wildman–Crippen MR) is 78.1 cm³/mol. The van der Waals surface area contributed by atoms with Crippen LogP contribution in [0.5, 0.6) is 0 Å². The van der Waals surface area contributed by atoms with Crippen LogP contribution in [0.25, 0.3) is 0 Å². The van der Waals surface area contributed by atoms with Gasteiger partial charge in [-0.1, -0.05) is 13.8 Å². The molecule has 2 saturated heterocycles. The summed E-state index contributed by atoms with van der Waals surface area (Å²) in [4.78, 5) is 0.